The van der Waals surface area contributed by atoms with Crippen LogP contribution in [0.5, 0.6) is 0 Å². The molecule has 0 N–H and O–H groups in total. The molecule has 0 unspecified atom stereocenters. The molecule has 0 saturated carbocycles. The lowest BCUT2D eigenvalue weighted by atomic mass is 10.3. The maximum Gasteiger partial charge on any atom is 0.305 e. The normalized spacial score (nSPS) is 10.8. The Labute approximate surface area is 72.1 Å². The lowest BCUT2D eigenvalue weighted by Crippen LogP contribution is -2.06. The van der Waals surface area contributed by atoms with Crippen LogP contribution in [0.4, 0.5) is 0 Å². The summed E-state index contributed by atoms with van der Waals surface area (Å²) in [6.45, 7) is 3.15. The molecule has 0 aromatic heterocycles. The van der Waals surface area contributed by atoms with E-state index in [4.69, 9.17) is 0 Å². The number of carbonyl (C=O) groups is 1. The van der Waals surface area contributed by atoms with Gasteiger partial charge in [-0.1, -0.05) is 6.58 Å². The first-order valence-corrected chi connectivity index (χ1v) is 5.15. The van der Waals surface area contributed by atoms with Crippen molar-refractivity contribution in [3.63, 3.8) is 0 Å². The minimum atomic E-state index is -3.17. The number of esters is 1. The van der Waals surface area contributed by atoms with E-state index < -0.39 is 15.8 Å². The van der Waals surface area contributed by atoms with Crippen molar-refractivity contribution in [1.82, 2.24) is 0 Å². The van der Waals surface area contributed by atoms with Gasteiger partial charge in [-0.3, -0.25) is 4.79 Å². The number of ether oxygens (including phenoxy) is 1. The van der Waals surface area contributed by atoms with Gasteiger partial charge in [-0.2, -0.15) is 0 Å². The first-order valence-electron chi connectivity index (χ1n) is 3.44. The number of hydrogen-bond donors (Lipinski definition) is 0. The van der Waals surface area contributed by atoms with E-state index in [1.165, 1.54) is 7.11 Å². The highest BCUT2D eigenvalue weighted by Crippen LogP contribution is 1.98. The van der Waals surface area contributed by atoms with E-state index in [1.54, 1.807) is 0 Å². The highest BCUT2D eigenvalue weighted by atomic mass is 32.2. The Kier molecular flexibility index (Phi) is 4.58. The van der Waals surface area contributed by atoms with Gasteiger partial charge in [0.25, 0.3) is 0 Å². The minimum Gasteiger partial charge on any atom is -0.469 e. The average Bonchev–Trinajstić information content (AvgIpc) is 2.04. The number of rotatable bonds is 5. The summed E-state index contributed by atoms with van der Waals surface area (Å²) < 4.78 is 25.9. The monoisotopic (exact) mass is 192 g/mol. The van der Waals surface area contributed by atoms with E-state index in [0.717, 1.165) is 5.41 Å². The van der Waals surface area contributed by atoms with Gasteiger partial charge in [0.05, 0.1) is 12.9 Å². The van der Waals surface area contributed by atoms with E-state index in [0.29, 0.717) is 0 Å². The zero-order chi connectivity index (χ0) is 9.61. The summed E-state index contributed by atoms with van der Waals surface area (Å²) in [4.78, 5) is 10.5. The molecule has 0 amide bonds. The van der Waals surface area contributed by atoms with Gasteiger partial charge in [0.2, 0.25) is 0 Å². The molecule has 0 atom stereocenters. The third kappa shape index (κ3) is 4.90. The molecule has 0 spiro atoms. The predicted molar refractivity (Wildman–Crippen MR) is 45.2 cm³/mol. The molecular weight excluding hydrogens is 180 g/mol. The van der Waals surface area contributed by atoms with Gasteiger partial charge in [0.1, 0.15) is 0 Å². The first kappa shape index (κ1) is 11.2. The Balaban J connectivity index is 3.71. The topological polar surface area (TPSA) is 60.4 Å². The van der Waals surface area contributed by atoms with Crippen molar-refractivity contribution < 1.29 is 17.9 Å². The largest absolute Gasteiger partial charge is 0.469 e. The average molecular weight is 192 g/mol. The second-order valence-corrected chi connectivity index (χ2v) is 4.28. The fourth-order valence-corrected chi connectivity index (χ4v) is 1.32. The molecule has 0 radical (unpaired) electrons. The highest BCUT2D eigenvalue weighted by Gasteiger charge is 2.06. The smallest absolute Gasteiger partial charge is 0.305 e. The molecule has 0 bridgehead atoms. The van der Waals surface area contributed by atoms with Crippen LogP contribution in [0, 0.1) is 0 Å². The van der Waals surface area contributed by atoms with Crippen LogP contribution in [0.15, 0.2) is 12.0 Å². The molecule has 0 aliphatic heterocycles. The zero-order valence-electron chi connectivity index (χ0n) is 6.95. The maximum absolute atomic E-state index is 10.8. The Morgan fingerprint density at radius 1 is 1.58 bits per heavy atom. The molecule has 0 aliphatic carbocycles. The summed E-state index contributed by atoms with van der Waals surface area (Å²) in [5, 5.41) is 0.893. The summed E-state index contributed by atoms with van der Waals surface area (Å²) in [6.07, 6.45) is 0.407. The Hall–Kier alpha value is -0.840. The summed E-state index contributed by atoms with van der Waals surface area (Å²) in [5.41, 5.74) is 0. The van der Waals surface area contributed by atoms with Gasteiger partial charge in [0, 0.05) is 11.8 Å². The standard InChI is InChI=1S/C7H12O4S/c1-3-12(9,10)6-4-5-7(8)11-2/h3H,1,4-6H2,2H3. The van der Waals surface area contributed by atoms with Crippen LogP contribution >= 0.6 is 0 Å². The van der Waals surface area contributed by atoms with Crippen molar-refractivity contribution in [2.75, 3.05) is 12.9 Å². The van der Waals surface area contributed by atoms with Gasteiger partial charge in [-0.15, -0.1) is 0 Å². The third-order valence-electron chi connectivity index (χ3n) is 1.29. The third-order valence-corrected chi connectivity index (χ3v) is 2.66. The summed E-state index contributed by atoms with van der Waals surface area (Å²) >= 11 is 0. The summed E-state index contributed by atoms with van der Waals surface area (Å²) in [6, 6.07) is 0. The Morgan fingerprint density at radius 3 is 2.58 bits per heavy atom. The fourth-order valence-electron chi connectivity index (χ4n) is 0.603. The van der Waals surface area contributed by atoms with Crippen LogP contribution < -0.4 is 0 Å². The Bertz CT molecular complexity index is 253. The molecule has 70 valence electrons. The van der Waals surface area contributed by atoms with Crippen molar-refractivity contribution in [3.8, 4) is 0 Å². The number of hydrogen-bond acceptors (Lipinski definition) is 4. The molecule has 0 aromatic rings. The van der Waals surface area contributed by atoms with Gasteiger partial charge >= 0.3 is 5.97 Å². The van der Waals surface area contributed by atoms with E-state index in [2.05, 4.69) is 11.3 Å². The van der Waals surface area contributed by atoms with E-state index in [-0.39, 0.29) is 18.6 Å². The molecule has 0 rings (SSSR count). The number of methoxy groups -OCH3 is 1. The molecule has 0 heterocycles. The molecule has 0 saturated heterocycles. The molecule has 5 heteroatoms. The maximum atomic E-state index is 10.8. The van der Waals surface area contributed by atoms with Gasteiger partial charge < -0.3 is 4.74 Å². The van der Waals surface area contributed by atoms with E-state index in [9.17, 15) is 13.2 Å². The first-order chi connectivity index (χ1) is 5.52. The lowest BCUT2D eigenvalue weighted by molar-refractivity contribution is -0.140. The summed E-state index contributed by atoms with van der Waals surface area (Å²) in [5.74, 6) is -0.444. The summed E-state index contributed by atoms with van der Waals surface area (Å²) in [7, 11) is -1.90. The molecule has 0 fully saturated rings. The van der Waals surface area contributed by atoms with Crippen LogP contribution in [-0.4, -0.2) is 27.2 Å². The number of carbonyl (C=O) groups excluding carboxylic acids is 1. The zero-order valence-corrected chi connectivity index (χ0v) is 7.76. The molecular formula is C7H12O4S. The SMILES string of the molecule is C=CS(=O)(=O)CCCC(=O)OC. The van der Waals surface area contributed by atoms with Gasteiger partial charge in [-0.25, -0.2) is 8.42 Å². The molecule has 12 heavy (non-hydrogen) atoms. The lowest BCUT2D eigenvalue weighted by Gasteiger charge is -1.97. The van der Waals surface area contributed by atoms with Crippen molar-refractivity contribution >= 4 is 15.8 Å². The van der Waals surface area contributed by atoms with Crippen LogP contribution in [0.25, 0.3) is 0 Å². The quantitative estimate of drug-likeness (QED) is 0.595. The van der Waals surface area contributed by atoms with E-state index in [1.807, 2.05) is 0 Å². The second-order valence-electron chi connectivity index (χ2n) is 2.21. The van der Waals surface area contributed by atoms with Crippen molar-refractivity contribution in [2.45, 2.75) is 12.8 Å². The van der Waals surface area contributed by atoms with E-state index >= 15 is 0 Å². The van der Waals surface area contributed by atoms with Gasteiger partial charge in [-0.05, 0) is 6.42 Å². The predicted octanol–water partition coefficient (Wildman–Crippen LogP) is 0.498. The van der Waals surface area contributed by atoms with Crippen LogP contribution in [0.3, 0.4) is 0 Å². The minimum absolute atomic E-state index is 0.0500. The van der Waals surface area contributed by atoms with Crippen molar-refractivity contribution in [1.29, 1.82) is 0 Å². The highest BCUT2D eigenvalue weighted by molar-refractivity contribution is 7.94. The van der Waals surface area contributed by atoms with Crippen LogP contribution in [0.2, 0.25) is 0 Å². The Morgan fingerprint density at radius 2 is 2.17 bits per heavy atom. The molecule has 0 aromatic carbocycles. The molecule has 0 aliphatic rings. The van der Waals surface area contributed by atoms with Crippen LogP contribution in [-0.2, 0) is 19.4 Å². The number of sulfone groups is 1. The van der Waals surface area contributed by atoms with Crippen molar-refractivity contribution in [3.05, 3.63) is 12.0 Å². The van der Waals surface area contributed by atoms with Gasteiger partial charge in [0.15, 0.2) is 9.84 Å². The van der Waals surface area contributed by atoms with Crippen LogP contribution in [0.1, 0.15) is 12.8 Å². The fraction of sp³-hybridized carbons (Fsp3) is 0.571. The second kappa shape index (κ2) is 4.92. The molecule has 4 nitrogen and oxygen atoms in total. The van der Waals surface area contributed by atoms with Crippen molar-refractivity contribution in [2.24, 2.45) is 0 Å².